The molecular weight excluding hydrogens is 226 g/mol. The van der Waals surface area contributed by atoms with Gasteiger partial charge in [0.15, 0.2) is 0 Å². The Morgan fingerprint density at radius 3 is 2.94 bits per heavy atom. The molecule has 2 rings (SSSR count). The monoisotopic (exact) mass is 235 g/mol. The molecule has 0 aliphatic rings. The van der Waals surface area contributed by atoms with Gasteiger partial charge in [0, 0.05) is 5.39 Å². The van der Waals surface area contributed by atoms with Crippen LogP contribution in [0.4, 0.5) is 0 Å². The van der Waals surface area contributed by atoms with Crippen LogP contribution in [0.2, 0.25) is 5.02 Å². The molecule has 4 heteroatoms. The Labute approximate surface area is 98.0 Å². The number of hydrogen-bond acceptors (Lipinski definition) is 3. The van der Waals surface area contributed by atoms with Gasteiger partial charge >= 0.3 is 5.97 Å². The Kier molecular flexibility index (Phi) is 3.06. The highest BCUT2D eigenvalue weighted by atomic mass is 35.5. The van der Waals surface area contributed by atoms with Gasteiger partial charge in [0.05, 0.1) is 17.1 Å². The summed E-state index contributed by atoms with van der Waals surface area (Å²) in [6, 6.07) is 8.92. The van der Waals surface area contributed by atoms with Crippen LogP contribution in [0.5, 0.6) is 0 Å². The number of esters is 1. The van der Waals surface area contributed by atoms with Crippen molar-refractivity contribution in [1.29, 1.82) is 0 Å². The molecule has 1 heterocycles. The summed E-state index contributed by atoms with van der Waals surface area (Å²) in [5.74, 6) is -0.427. The first-order valence-corrected chi connectivity index (χ1v) is 5.32. The quantitative estimate of drug-likeness (QED) is 0.751. The van der Waals surface area contributed by atoms with E-state index in [0.717, 1.165) is 5.39 Å². The molecule has 0 aliphatic heterocycles. The van der Waals surface area contributed by atoms with Crippen LogP contribution in [-0.4, -0.2) is 17.6 Å². The molecule has 0 amide bonds. The molecule has 2 aromatic rings. The molecule has 0 saturated heterocycles. The van der Waals surface area contributed by atoms with Gasteiger partial charge in [-0.25, -0.2) is 9.78 Å². The highest BCUT2D eigenvalue weighted by molar-refractivity contribution is 6.35. The standard InChI is InChI=1S/C12H10ClNO2/c1-2-16-12(15)10-7-6-8-4-3-5-9(13)11(8)14-10/h3-7H,2H2,1H3. The average molecular weight is 236 g/mol. The number of carbonyl (C=O) groups excluding carboxylic acids is 1. The number of fused-ring (bicyclic) bond motifs is 1. The van der Waals surface area contributed by atoms with Crippen molar-refractivity contribution in [2.75, 3.05) is 6.61 Å². The molecule has 0 aliphatic carbocycles. The minimum Gasteiger partial charge on any atom is -0.461 e. The third-order valence-corrected chi connectivity index (χ3v) is 2.46. The molecule has 0 N–H and O–H groups in total. The zero-order chi connectivity index (χ0) is 11.5. The van der Waals surface area contributed by atoms with E-state index in [0.29, 0.717) is 17.1 Å². The number of pyridine rings is 1. The Balaban J connectivity index is 2.51. The smallest absolute Gasteiger partial charge is 0.356 e. The number of nitrogens with zero attached hydrogens (tertiary/aromatic N) is 1. The molecule has 82 valence electrons. The van der Waals surface area contributed by atoms with Gasteiger partial charge in [-0.15, -0.1) is 0 Å². The van der Waals surface area contributed by atoms with Crippen molar-refractivity contribution < 1.29 is 9.53 Å². The third-order valence-electron chi connectivity index (χ3n) is 2.16. The maximum atomic E-state index is 11.5. The van der Waals surface area contributed by atoms with Crippen LogP contribution in [0.15, 0.2) is 30.3 Å². The van der Waals surface area contributed by atoms with Crippen LogP contribution >= 0.6 is 11.6 Å². The van der Waals surface area contributed by atoms with E-state index in [2.05, 4.69) is 4.98 Å². The van der Waals surface area contributed by atoms with Crippen molar-refractivity contribution in [2.45, 2.75) is 6.92 Å². The van der Waals surface area contributed by atoms with Crippen LogP contribution in [0.3, 0.4) is 0 Å². The average Bonchev–Trinajstić information content (AvgIpc) is 2.29. The van der Waals surface area contributed by atoms with E-state index in [1.54, 1.807) is 25.1 Å². The molecule has 1 aromatic carbocycles. The Hall–Kier alpha value is -1.61. The molecule has 16 heavy (non-hydrogen) atoms. The fraction of sp³-hybridized carbons (Fsp3) is 0.167. The Bertz CT molecular complexity index is 540. The van der Waals surface area contributed by atoms with Crippen molar-refractivity contribution >= 4 is 28.5 Å². The van der Waals surface area contributed by atoms with Crippen LogP contribution in [-0.2, 0) is 4.74 Å². The lowest BCUT2D eigenvalue weighted by atomic mass is 10.2. The zero-order valence-electron chi connectivity index (χ0n) is 8.74. The second-order valence-electron chi connectivity index (χ2n) is 3.23. The van der Waals surface area contributed by atoms with Gasteiger partial charge in [0.2, 0.25) is 0 Å². The van der Waals surface area contributed by atoms with E-state index in [1.807, 2.05) is 12.1 Å². The minimum atomic E-state index is -0.427. The second kappa shape index (κ2) is 4.49. The summed E-state index contributed by atoms with van der Waals surface area (Å²) in [5, 5.41) is 1.43. The predicted octanol–water partition coefficient (Wildman–Crippen LogP) is 3.06. The van der Waals surface area contributed by atoms with Crippen LogP contribution in [0.25, 0.3) is 10.9 Å². The van der Waals surface area contributed by atoms with Crippen molar-refractivity contribution in [1.82, 2.24) is 4.98 Å². The van der Waals surface area contributed by atoms with Crippen LogP contribution < -0.4 is 0 Å². The van der Waals surface area contributed by atoms with Gasteiger partial charge < -0.3 is 4.74 Å². The lowest BCUT2D eigenvalue weighted by Crippen LogP contribution is -2.06. The number of para-hydroxylation sites is 1. The highest BCUT2D eigenvalue weighted by Gasteiger charge is 2.09. The molecule has 0 unspecified atom stereocenters. The van der Waals surface area contributed by atoms with E-state index >= 15 is 0 Å². The van der Waals surface area contributed by atoms with Gasteiger partial charge in [0.1, 0.15) is 5.69 Å². The zero-order valence-corrected chi connectivity index (χ0v) is 9.49. The Morgan fingerprint density at radius 2 is 2.19 bits per heavy atom. The maximum Gasteiger partial charge on any atom is 0.356 e. The number of rotatable bonds is 2. The van der Waals surface area contributed by atoms with Gasteiger partial charge in [-0.1, -0.05) is 29.8 Å². The van der Waals surface area contributed by atoms with E-state index in [1.165, 1.54) is 0 Å². The van der Waals surface area contributed by atoms with E-state index in [4.69, 9.17) is 16.3 Å². The SMILES string of the molecule is CCOC(=O)c1ccc2cccc(Cl)c2n1. The van der Waals surface area contributed by atoms with Crippen molar-refractivity contribution in [3.63, 3.8) is 0 Å². The molecular formula is C12H10ClNO2. The first-order chi connectivity index (χ1) is 7.72. The molecule has 3 nitrogen and oxygen atoms in total. The number of aromatic nitrogens is 1. The van der Waals surface area contributed by atoms with Gasteiger partial charge in [0.25, 0.3) is 0 Å². The summed E-state index contributed by atoms with van der Waals surface area (Å²) in [6.45, 7) is 2.09. The topological polar surface area (TPSA) is 39.2 Å². The van der Waals surface area contributed by atoms with Gasteiger partial charge in [-0.2, -0.15) is 0 Å². The summed E-state index contributed by atoms with van der Waals surface area (Å²) in [5.41, 5.74) is 0.900. The Morgan fingerprint density at radius 1 is 1.38 bits per heavy atom. The fourth-order valence-corrected chi connectivity index (χ4v) is 1.65. The lowest BCUT2D eigenvalue weighted by molar-refractivity contribution is 0.0520. The molecule has 0 saturated carbocycles. The van der Waals surface area contributed by atoms with E-state index in [-0.39, 0.29) is 5.69 Å². The number of benzene rings is 1. The van der Waals surface area contributed by atoms with E-state index in [9.17, 15) is 4.79 Å². The lowest BCUT2D eigenvalue weighted by Gasteiger charge is -2.03. The van der Waals surface area contributed by atoms with Gasteiger partial charge in [-0.05, 0) is 19.1 Å². The maximum absolute atomic E-state index is 11.5. The van der Waals surface area contributed by atoms with Crippen LogP contribution in [0.1, 0.15) is 17.4 Å². The van der Waals surface area contributed by atoms with Crippen molar-refractivity contribution in [2.24, 2.45) is 0 Å². The molecule has 0 bridgehead atoms. The highest BCUT2D eigenvalue weighted by Crippen LogP contribution is 2.21. The predicted molar refractivity (Wildman–Crippen MR) is 62.7 cm³/mol. The molecule has 0 spiro atoms. The molecule has 0 fully saturated rings. The summed E-state index contributed by atoms with van der Waals surface area (Å²) in [7, 11) is 0. The summed E-state index contributed by atoms with van der Waals surface area (Å²) >= 11 is 6.00. The summed E-state index contributed by atoms with van der Waals surface area (Å²) in [6.07, 6.45) is 0. The molecule has 1 aromatic heterocycles. The fourth-order valence-electron chi connectivity index (χ4n) is 1.43. The number of ether oxygens (including phenoxy) is 1. The largest absolute Gasteiger partial charge is 0.461 e. The third kappa shape index (κ3) is 1.99. The van der Waals surface area contributed by atoms with Crippen molar-refractivity contribution in [3.05, 3.63) is 41.0 Å². The van der Waals surface area contributed by atoms with Crippen LogP contribution in [0, 0.1) is 0 Å². The first-order valence-electron chi connectivity index (χ1n) is 4.94. The normalized spacial score (nSPS) is 10.4. The minimum absolute atomic E-state index is 0.280. The first kappa shape index (κ1) is 10.9. The molecule has 0 atom stereocenters. The van der Waals surface area contributed by atoms with Crippen molar-refractivity contribution in [3.8, 4) is 0 Å². The summed E-state index contributed by atoms with van der Waals surface area (Å²) < 4.78 is 4.87. The second-order valence-corrected chi connectivity index (χ2v) is 3.64. The van der Waals surface area contributed by atoms with Gasteiger partial charge in [-0.3, -0.25) is 0 Å². The number of hydrogen-bond donors (Lipinski definition) is 0. The summed E-state index contributed by atoms with van der Waals surface area (Å²) in [4.78, 5) is 15.7. The van der Waals surface area contributed by atoms with E-state index < -0.39 is 5.97 Å². The molecule has 0 radical (unpaired) electrons. The number of carbonyl (C=O) groups is 1. The number of halogens is 1.